The zero-order chi connectivity index (χ0) is 22.4. The highest BCUT2D eigenvalue weighted by atomic mass is 19.4. The number of fused-ring (bicyclic) bond motifs is 3. The minimum Gasteiger partial charge on any atom is -0.461 e. The largest absolute Gasteiger partial charge is 0.461 e. The molecule has 1 N–H and O–H groups in total. The molecule has 0 saturated carbocycles. The van der Waals surface area contributed by atoms with Crippen LogP contribution in [0.5, 0.6) is 0 Å². The first-order chi connectivity index (χ1) is 13.8. The summed E-state index contributed by atoms with van der Waals surface area (Å²) in [4.78, 5) is 25.3. The Morgan fingerprint density at radius 3 is 2.33 bits per heavy atom. The van der Waals surface area contributed by atoms with Crippen LogP contribution in [0.15, 0.2) is 23.0 Å². The molecule has 0 unspecified atom stereocenters. The molecule has 11 heteroatoms. The van der Waals surface area contributed by atoms with Crippen molar-refractivity contribution < 1.29 is 35.9 Å². The van der Waals surface area contributed by atoms with E-state index in [4.69, 9.17) is 4.74 Å². The molecule has 2 heterocycles. The first-order valence-corrected chi connectivity index (χ1v) is 8.80. The van der Waals surface area contributed by atoms with Crippen LogP contribution >= 0.6 is 0 Å². The second-order valence-corrected chi connectivity index (χ2v) is 6.69. The molecule has 0 saturated heterocycles. The third-order valence-electron chi connectivity index (χ3n) is 4.65. The van der Waals surface area contributed by atoms with Crippen LogP contribution in [0.1, 0.15) is 30.7 Å². The summed E-state index contributed by atoms with van der Waals surface area (Å²) in [5.41, 5.74) is -2.43. The molecule has 0 amide bonds. The number of pyridine rings is 1. The van der Waals surface area contributed by atoms with E-state index in [-0.39, 0.29) is 34.1 Å². The van der Waals surface area contributed by atoms with E-state index in [2.05, 4.69) is 4.98 Å². The van der Waals surface area contributed by atoms with Crippen molar-refractivity contribution in [2.45, 2.75) is 45.8 Å². The summed E-state index contributed by atoms with van der Waals surface area (Å²) in [6.07, 6.45) is -9.52. The number of aromatic nitrogens is 2. The maximum absolute atomic E-state index is 13.7. The van der Waals surface area contributed by atoms with Crippen LogP contribution in [0.3, 0.4) is 0 Å². The van der Waals surface area contributed by atoms with Crippen molar-refractivity contribution in [2.75, 3.05) is 0 Å². The Labute approximate surface area is 165 Å². The molecular weight excluding hydrogens is 418 g/mol. The summed E-state index contributed by atoms with van der Waals surface area (Å²) >= 11 is 0. The number of alkyl halides is 6. The molecular formula is C19H16F6N2O3. The maximum Gasteiger partial charge on any atom is 0.417 e. The van der Waals surface area contributed by atoms with Crippen molar-refractivity contribution in [3.8, 4) is 0 Å². The van der Waals surface area contributed by atoms with Crippen LogP contribution in [-0.2, 0) is 35.3 Å². The number of esters is 1. The van der Waals surface area contributed by atoms with E-state index in [1.54, 1.807) is 6.92 Å². The SMILES string of the molecule is CCc1c(COC(C)=O)c2c3c(C(F)(F)F)cc(=O)[nH]c3ccc2n1CC(F)(F)F. The van der Waals surface area contributed by atoms with Gasteiger partial charge >= 0.3 is 18.3 Å². The Kier molecular flexibility index (Phi) is 5.33. The molecule has 0 bridgehead atoms. The van der Waals surface area contributed by atoms with Gasteiger partial charge in [-0.25, -0.2) is 0 Å². The molecule has 0 aliphatic heterocycles. The Balaban J connectivity index is 2.53. The van der Waals surface area contributed by atoms with E-state index in [0.717, 1.165) is 17.6 Å². The molecule has 3 aromatic rings. The number of benzene rings is 1. The number of ether oxygens (including phenoxy) is 1. The van der Waals surface area contributed by atoms with Gasteiger partial charge in [0.05, 0.1) is 5.56 Å². The zero-order valence-electron chi connectivity index (χ0n) is 15.8. The minimum absolute atomic E-state index is 0.0371. The van der Waals surface area contributed by atoms with Crippen LogP contribution in [0, 0.1) is 0 Å². The lowest BCUT2D eigenvalue weighted by Crippen LogP contribution is -2.19. The first kappa shape index (κ1) is 21.7. The molecule has 0 atom stereocenters. The number of aromatic amines is 1. The highest BCUT2D eigenvalue weighted by Crippen LogP contribution is 2.41. The molecule has 0 fully saturated rings. The quantitative estimate of drug-likeness (QED) is 0.479. The van der Waals surface area contributed by atoms with E-state index < -0.39 is 48.0 Å². The van der Waals surface area contributed by atoms with Gasteiger partial charge in [-0.05, 0) is 18.6 Å². The number of carbonyl (C=O) groups is 1. The summed E-state index contributed by atoms with van der Waals surface area (Å²) in [7, 11) is 0. The fourth-order valence-corrected chi connectivity index (χ4v) is 3.65. The lowest BCUT2D eigenvalue weighted by molar-refractivity contribution is -0.143. The van der Waals surface area contributed by atoms with Gasteiger partial charge in [0.2, 0.25) is 5.56 Å². The van der Waals surface area contributed by atoms with Gasteiger partial charge in [-0.3, -0.25) is 9.59 Å². The van der Waals surface area contributed by atoms with Gasteiger partial charge in [-0.2, -0.15) is 26.3 Å². The van der Waals surface area contributed by atoms with Crippen molar-refractivity contribution in [3.63, 3.8) is 0 Å². The fourth-order valence-electron chi connectivity index (χ4n) is 3.65. The van der Waals surface area contributed by atoms with Crippen molar-refractivity contribution in [2.24, 2.45) is 0 Å². The van der Waals surface area contributed by atoms with Crippen LogP contribution in [0.4, 0.5) is 26.3 Å². The highest BCUT2D eigenvalue weighted by Gasteiger charge is 2.36. The average molecular weight is 434 g/mol. The predicted molar refractivity (Wildman–Crippen MR) is 96.0 cm³/mol. The van der Waals surface area contributed by atoms with Crippen molar-refractivity contribution in [1.82, 2.24) is 9.55 Å². The Hall–Kier alpha value is -2.98. The number of halogens is 6. The van der Waals surface area contributed by atoms with E-state index in [9.17, 15) is 35.9 Å². The van der Waals surface area contributed by atoms with Crippen LogP contribution in [0.25, 0.3) is 21.8 Å². The number of H-pyrrole nitrogens is 1. The number of hydrogen-bond donors (Lipinski definition) is 1. The number of nitrogens with zero attached hydrogens (tertiary/aromatic N) is 1. The maximum atomic E-state index is 13.7. The van der Waals surface area contributed by atoms with Gasteiger partial charge in [-0.1, -0.05) is 6.92 Å². The van der Waals surface area contributed by atoms with E-state index in [1.807, 2.05) is 0 Å². The number of rotatable bonds is 4. The molecule has 30 heavy (non-hydrogen) atoms. The molecule has 0 aliphatic rings. The molecule has 3 rings (SSSR count). The number of nitrogens with one attached hydrogen (secondary N) is 1. The third kappa shape index (κ3) is 4.01. The topological polar surface area (TPSA) is 64.1 Å². The normalized spacial score (nSPS) is 12.7. The summed E-state index contributed by atoms with van der Waals surface area (Å²) < 4.78 is 86.6. The lowest BCUT2D eigenvalue weighted by Gasteiger charge is -2.13. The van der Waals surface area contributed by atoms with Gasteiger partial charge < -0.3 is 14.3 Å². The molecule has 5 nitrogen and oxygen atoms in total. The summed E-state index contributed by atoms with van der Waals surface area (Å²) in [5, 5.41) is -0.587. The molecule has 1 aromatic carbocycles. The molecule has 2 aromatic heterocycles. The molecule has 0 radical (unpaired) electrons. The minimum atomic E-state index is -4.93. The van der Waals surface area contributed by atoms with Crippen LogP contribution in [0.2, 0.25) is 0 Å². The first-order valence-electron chi connectivity index (χ1n) is 8.80. The third-order valence-corrected chi connectivity index (χ3v) is 4.65. The standard InChI is InChI=1S/C19H16F6N2O3/c1-3-13-10(7-30-9(2)28)16-14(27(13)8-18(20,21)22)5-4-12-17(16)11(19(23,24)25)6-15(29)26-12/h4-6H,3,7-8H2,1-2H3,(H,26,29). The predicted octanol–water partition coefficient (Wildman–Crippen LogP) is 4.69. The number of hydrogen-bond acceptors (Lipinski definition) is 3. The summed E-state index contributed by atoms with van der Waals surface area (Å²) in [5.74, 6) is -0.738. The second kappa shape index (κ2) is 7.37. The highest BCUT2D eigenvalue weighted by molar-refractivity contribution is 6.09. The van der Waals surface area contributed by atoms with Gasteiger partial charge in [0.15, 0.2) is 0 Å². The molecule has 0 spiro atoms. The fraction of sp³-hybridized carbons (Fsp3) is 0.368. The Bertz CT molecular complexity index is 1190. The monoisotopic (exact) mass is 434 g/mol. The average Bonchev–Trinajstić information content (AvgIpc) is 2.89. The Morgan fingerprint density at radius 2 is 1.80 bits per heavy atom. The van der Waals surface area contributed by atoms with Gasteiger partial charge in [0.25, 0.3) is 0 Å². The van der Waals surface area contributed by atoms with Crippen LogP contribution in [-0.4, -0.2) is 21.7 Å². The summed E-state index contributed by atoms with van der Waals surface area (Å²) in [6.45, 7) is 0.697. The molecule has 0 aliphatic carbocycles. The zero-order valence-corrected chi connectivity index (χ0v) is 15.8. The second-order valence-electron chi connectivity index (χ2n) is 6.69. The van der Waals surface area contributed by atoms with Gasteiger partial charge in [0.1, 0.15) is 13.2 Å². The summed E-state index contributed by atoms with van der Waals surface area (Å²) in [6, 6.07) is 2.72. The van der Waals surface area contributed by atoms with E-state index in [1.165, 1.54) is 6.07 Å². The van der Waals surface area contributed by atoms with E-state index in [0.29, 0.717) is 6.07 Å². The van der Waals surface area contributed by atoms with Crippen molar-refractivity contribution in [1.29, 1.82) is 0 Å². The smallest absolute Gasteiger partial charge is 0.417 e. The lowest BCUT2D eigenvalue weighted by atomic mass is 10.0. The van der Waals surface area contributed by atoms with Gasteiger partial charge in [0, 0.05) is 46.1 Å². The molecule has 162 valence electrons. The van der Waals surface area contributed by atoms with Crippen molar-refractivity contribution in [3.05, 3.63) is 45.4 Å². The van der Waals surface area contributed by atoms with Crippen molar-refractivity contribution >= 4 is 27.8 Å². The number of carbonyl (C=O) groups excluding carboxylic acids is 1. The van der Waals surface area contributed by atoms with Gasteiger partial charge in [-0.15, -0.1) is 0 Å². The van der Waals surface area contributed by atoms with E-state index >= 15 is 0 Å². The Morgan fingerprint density at radius 1 is 1.13 bits per heavy atom. The van der Waals surface area contributed by atoms with Crippen LogP contribution < -0.4 is 5.56 Å².